The van der Waals surface area contributed by atoms with Gasteiger partial charge in [-0.05, 0) is 46.4 Å². The zero-order valence-corrected chi connectivity index (χ0v) is 18.0. The first kappa shape index (κ1) is 20.1. The van der Waals surface area contributed by atoms with Crippen LogP contribution in [-0.4, -0.2) is 23.9 Å². The van der Waals surface area contributed by atoms with Crippen LogP contribution in [0.5, 0.6) is 0 Å². The molecule has 3 aromatic carbocycles. The topological polar surface area (TPSA) is 79.8 Å². The summed E-state index contributed by atoms with van der Waals surface area (Å²) in [7, 11) is 0. The fourth-order valence-corrected chi connectivity index (χ4v) is 3.57. The van der Waals surface area contributed by atoms with Crippen LogP contribution in [0.25, 0.3) is 0 Å². The van der Waals surface area contributed by atoms with E-state index in [0.717, 1.165) is 20.3 Å². The van der Waals surface area contributed by atoms with E-state index in [1.807, 2.05) is 78.9 Å². The Balaban J connectivity index is 1.61. The van der Waals surface area contributed by atoms with E-state index >= 15 is 0 Å². The third-order valence-electron chi connectivity index (χ3n) is 4.52. The van der Waals surface area contributed by atoms with Crippen LogP contribution in [0.15, 0.2) is 83.9 Å². The summed E-state index contributed by atoms with van der Waals surface area (Å²) in [6.45, 7) is 0.106. The highest BCUT2D eigenvalue weighted by atomic mass is 127. The summed E-state index contributed by atoms with van der Waals surface area (Å²) in [6, 6.07) is 24.6. The van der Waals surface area contributed by atoms with Crippen molar-refractivity contribution in [3.8, 4) is 0 Å². The molecule has 0 saturated carbocycles. The Kier molecular flexibility index (Phi) is 6.08. The van der Waals surface area contributed by atoms with Crippen molar-refractivity contribution in [1.29, 1.82) is 0 Å². The Bertz CT molecular complexity index is 1100. The Morgan fingerprint density at radius 3 is 2.47 bits per heavy atom. The van der Waals surface area contributed by atoms with E-state index < -0.39 is 18.2 Å². The number of aliphatic imine (C=N–C) groups is 1. The molecule has 2 N–H and O–H groups in total. The van der Waals surface area contributed by atoms with Crippen LogP contribution in [0, 0.1) is 3.57 Å². The normalized spacial score (nSPS) is 15.3. The van der Waals surface area contributed by atoms with E-state index in [9.17, 15) is 9.59 Å². The number of benzene rings is 3. The molecule has 1 aliphatic rings. The number of halogens is 1. The maximum absolute atomic E-state index is 12.8. The van der Waals surface area contributed by atoms with Crippen molar-refractivity contribution < 1.29 is 14.3 Å². The summed E-state index contributed by atoms with van der Waals surface area (Å²) in [5, 5.41) is 5.42. The number of alkyl carbamates (subject to hydrolysis) is 1. The maximum Gasteiger partial charge on any atom is 0.409 e. The van der Waals surface area contributed by atoms with E-state index in [-0.39, 0.29) is 6.61 Å². The molecular weight excluding hydrogens is 493 g/mol. The number of carbonyl (C=O) groups excluding carboxylic acids is 2. The SMILES string of the molecule is O=C(NC1N=C(c2ccccc2)c2cc(I)ccc2NC1=O)OCc1ccccc1. The van der Waals surface area contributed by atoms with E-state index in [1.54, 1.807) is 0 Å². The van der Waals surface area contributed by atoms with Crippen molar-refractivity contribution in [3.05, 3.63) is 99.1 Å². The number of nitrogens with one attached hydrogen (secondary N) is 2. The molecule has 7 heteroatoms. The number of hydrogen-bond acceptors (Lipinski definition) is 4. The Morgan fingerprint density at radius 1 is 1.03 bits per heavy atom. The monoisotopic (exact) mass is 511 g/mol. The molecule has 0 saturated heterocycles. The van der Waals surface area contributed by atoms with E-state index in [4.69, 9.17) is 4.74 Å². The minimum Gasteiger partial charge on any atom is -0.445 e. The van der Waals surface area contributed by atoms with Gasteiger partial charge in [0.05, 0.1) is 11.4 Å². The molecule has 0 aromatic heterocycles. The predicted octanol–water partition coefficient (Wildman–Crippen LogP) is 4.33. The summed E-state index contributed by atoms with van der Waals surface area (Å²) >= 11 is 2.22. The number of amides is 2. The number of ether oxygens (including phenoxy) is 1. The second kappa shape index (κ2) is 9.08. The Labute approximate surface area is 187 Å². The summed E-state index contributed by atoms with van der Waals surface area (Å²) in [4.78, 5) is 29.7. The van der Waals surface area contributed by atoms with Gasteiger partial charge in [-0.3, -0.25) is 10.1 Å². The molecule has 4 rings (SSSR count). The van der Waals surface area contributed by atoms with Crippen molar-refractivity contribution in [2.24, 2.45) is 4.99 Å². The number of rotatable bonds is 4. The predicted molar refractivity (Wildman–Crippen MR) is 123 cm³/mol. The number of carbonyl (C=O) groups is 2. The molecule has 0 spiro atoms. The first-order valence-corrected chi connectivity index (χ1v) is 10.4. The molecule has 1 aliphatic heterocycles. The van der Waals surface area contributed by atoms with Crippen molar-refractivity contribution in [1.82, 2.24) is 5.32 Å². The highest BCUT2D eigenvalue weighted by Gasteiger charge is 2.27. The largest absolute Gasteiger partial charge is 0.445 e. The summed E-state index contributed by atoms with van der Waals surface area (Å²) < 4.78 is 6.27. The zero-order valence-electron chi connectivity index (χ0n) is 15.8. The van der Waals surface area contributed by atoms with Crippen LogP contribution in [0.2, 0.25) is 0 Å². The minimum atomic E-state index is -1.12. The van der Waals surface area contributed by atoms with Crippen LogP contribution in [-0.2, 0) is 16.1 Å². The van der Waals surface area contributed by atoms with Gasteiger partial charge >= 0.3 is 6.09 Å². The minimum absolute atomic E-state index is 0.106. The molecule has 150 valence electrons. The van der Waals surface area contributed by atoms with Gasteiger partial charge < -0.3 is 10.1 Å². The van der Waals surface area contributed by atoms with Crippen LogP contribution < -0.4 is 10.6 Å². The summed E-state index contributed by atoms with van der Waals surface area (Å²) in [6.07, 6.45) is -1.83. The average Bonchev–Trinajstić information content (AvgIpc) is 2.90. The molecule has 1 unspecified atom stereocenters. The molecule has 0 bridgehead atoms. The zero-order chi connectivity index (χ0) is 20.9. The second-order valence-corrected chi connectivity index (χ2v) is 7.88. The van der Waals surface area contributed by atoms with E-state index in [2.05, 4.69) is 38.2 Å². The lowest BCUT2D eigenvalue weighted by molar-refractivity contribution is -0.117. The molecule has 2 amide bonds. The molecule has 6 nitrogen and oxygen atoms in total. The number of fused-ring (bicyclic) bond motifs is 1. The van der Waals surface area contributed by atoms with Gasteiger partial charge in [-0.1, -0.05) is 60.7 Å². The van der Waals surface area contributed by atoms with Gasteiger partial charge in [-0.15, -0.1) is 0 Å². The molecular formula is C23H18IN3O3. The van der Waals surface area contributed by atoms with Crippen molar-refractivity contribution in [2.45, 2.75) is 12.8 Å². The average molecular weight is 511 g/mol. The van der Waals surface area contributed by atoms with E-state index in [0.29, 0.717) is 11.4 Å². The molecule has 0 radical (unpaired) electrons. The standard InChI is InChI=1S/C23H18IN3O3/c24-17-11-12-19-18(13-17)20(16-9-5-2-6-10-16)26-21(22(28)25-19)27-23(29)30-14-15-7-3-1-4-8-15/h1-13,21H,14H2,(H,25,28)(H,27,29). The van der Waals surface area contributed by atoms with Crippen LogP contribution in [0.4, 0.5) is 10.5 Å². The molecule has 1 heterocycles. The smallest absolute Gasteiger partial charge is 0.409 e. The van der Waals surface area contributed by atoms with Crippen molar-refractivity contribution >= 4 is 46.0 Å². The van der Waals surface area contributed by atoms with Gasteiger partial charge in [-0.2, -0.15) is 0 Å². The first-order chi connectivity index (χ1) is 14.6. The fraction of sp³-hybridized carbons (Fsp3) is 0.0870. The third-order valence-corrected chi connectivity index (χ3v) is 5.19. The fourth-order valence-electron chi connectivity index (χ4n) is 3.08. The lowest BCUT2D eigenvalue weighted by atomic mass is 10.0. The quantitative estimate of drug-likeness (QED) is 0.512. The lowest BCUT2D eigenvalue weighted by Gasteiger charge is -2.13. The summed E-state index contributed by atoms with van der Waals surface area (Å²) in [5.74, 6) is -0.431. The van der Waals surface area contributed by atoms with Crippen molar-refractivity contribution in [3.63, 3.8) is 0 Å². The first-order valence-electron chi connectivity index (χ1n) is 9.31. The lowest BCUT2D eigenvalue weighted by Crippen LogP contribution is -2.42. The van der Waals surface area contributed by atoms with Crippen LogP contribution in [0.1, 0.15) is 16.7 Å². The third kappa shape index (κ3) is 4.68. The van der Waals surface area contributed by atoms with Gasteiger partial charge in [-0.25, -0.2) is 9.79 Å². The Morgan fingerprint density at radius 2 is 1.73 bits per heavy atom. The van der Waals surface area contributed by atoms with E-state index in [1.165, 1.54) is 0 Å². The van der Waals surface area contributed by atoms with Gasteiger partial charge in [0, 0.05) is 14.7 Å². The van der Waals surface area contributed by atoms with Crippen molar-refractivity contribution in [2.75, 3.05) is 5.32 Å². The number of hydrogen-bond donors (Lipinski definition) is 2. The molecule has 1 atom stereocenters. The second-order valence-electron chi connectivity index (χ2n) is 6.63. The number of anilines is 1. The van der Waals surface area contributed by atoms with Crippen LogP contribution in [0.3, 0.4) is 0 Å². The Hall–Kier alpha value is -3.20. The summed E-state index contributed by atoms with van der Waals surface area (Å²) in [5.41, 5.74) is 3.76. The van der Waals surface area contributed by atoms with Gasteiger partial charge in [0.1, 0.15) is 6.61 Å². The molecule has 0 aliphatic carbocycles. The number of benzodiazepines with no additional fused rings is 1. The highest BCUT2D eigenvalue weighted by Crippen LogP contribution is 2.26. The maximum atomic E-state index is 12.8. The highest BCUT2D eigenvalue weighted by molar-refractivity contribution is 14.1. The van der Waals surface area contributed by atoms with Gasteiger partial charge in [0.2, 0.25) is 6.17 Å². The van der Waals surface area contributed by atoms with Gasteiger partial charge in [0.15, 0.2) is 0 Å². The van der Waals surface area contributed by atoms with Crippen LogP contribution >= 0.6 is 22.6 Å². The van der Waals surface area contributed by atoms with Gasteiger partial charge in [0.25, 0.3) is 5.91 Å². The molecule has 3 aromatic rings. The number of nitrogens with zero attached hydrogens (tertiary/aromatic N) is 1. The molecule has 30 heavy (non-hydrogen) atoms. The molecule has 0 fully saturated rings.